The fourth-order valence-electron chi connectivity index (χ4n) is 2.45. The molecule has 1 saturated heterocycles. The molecule has 9 heteroatoms. The summed E-state index contributed by atoms with van der Waals surface area (Å²) in [6, 6.07) is 5.77. The fraction of sp³-hybridized carbons (Fsp3) is 0.375. The van der Waals surface area contributed by atoms with Crippen LogP contribution in [0.4, 0.5) is 0 Å². The third-order valence-electron chi connectivity index (χ3n) is 3.89. The summed E-state index contributed by atoms with van der Waals surface area (Å²) >= 11 is 1.36. The lowest BCUT2D eigenvalue weighted by Gasteiger charge is -2.11. The minimum absolute atomic E-state index is 0.0686. The molecule has 1 aromatic carbocycles. The van der Waals surface area contributed by atoms with Gasteiger partial charge in [-0.25, -0.2) is 13.1 Å². The summed E-state index contributed by atoms with van der Waals surface area (Å²) in [6.45, 7) is 0.932. The third-order valence-corrected chi connectivity index (χ3v) is 6.18. The van der Waals surface area contributed by atoms with Crippen molar-refractivity contribution in [3.63, 3.8) is 0 Å². The molecule has 1 aromatic heterocycles. The number of hydrogen-bond donors (Lipinski definition) is 1. The molecule has 0 spiro atoms. The van der Waals surface area contributed by atoms with E-state index in [1.165, 1.54) is 35.6 Å². The molecule has 1 unspecified atom stereocenters. The van der Waals surface area contributed by atoms with Gasteiger partial charge in [-0.1, -0.05) is 0 Å². The van der Waals surface area contributed by atoms with E-state index >= 15 is 0 Å². The molecule has 134 valence electrons. The number of sulfonamides is 1. The van der Waals surface area contributed by atoms with E-state index in [1.54, 1.807) is 11.6 Å². The topological polar surface area (TPSA) is 89.8 Å². The summed E-state index contributed by atoms with van der Waals surface area (Å²) in [4.78, 5) is 16.9. The van der Waals surface area contributed by atoms with Crippen LogP contribution in [0.25, 0.3) is 0 Å². The summed E-state index contributed by atoms with van der Waals surface area (Å²) in [5.41, 5.74) is 0.339. The molecule has 0 saturated carbocycles. The third kappa shape index (κ3) is 4.43. The van der Waals surface area contributed by atoms with Crippen molar-refractivity contribution < 1.29 is 17.9 Å². The van der Waals surface area contributed by atoms with Crippen LogP contribution in [0.1, 0.15) is 23.2 Å². The maximum Gasteiger partial charge on any atom is 0.279 e. The Hall–Kier alpha value is -1.81. The standard InChI is InChI=1S/C16H19N3O4S2/c1-19-8-10-24-16(19)18-15(20)12-4-6-14(7-5-12)25(21,22)17-11-13-3-2-9-23-13/h4-8,10,13,17H,2-3,9,11H2,1H3. The number of benzene rings is 1. The molecule has 2 aromatic rings. The molecule has 1 amide bonds. The lowest BCUT2D eigenvalue weighted by Crippen LogP contribution is -2.31. The minimum Gasteiger partial charge on any atom is -0.377 e. The average molecular weight is 381 g/mol. The maximum atomic E-state index is 12.3. The number of ether oxygens (including phenoxy) is 1. The number of rotatable bonds is 5. The summed E-state index contributed by atoms with van der Waals surface area (Å²) in [7, 11) is -1.82. The first-order chi connectivity index (χ1) is 12.0. The molecule has 1 aliphatic rings. The van der Waals surface area contributed by atoms with Crippen molar-refractivity contribution in [3.05, 3.63) is 46.2 Å². The van der Waals surface area contributed by atoms with Crippen molar-refractivity contribution in [1.82, 2.24) is 9.29 Å². The van der Waals surface area contributed by atoms with Gasteiger partial charge in [0.25, 0.3) is 5.91 Å². The van der Waals surface area contributed by atoms with Gasteiger partial charge in [0, 0.05) is 37.3 Å². The van der Waals surface area contributed by atoms with Crippen molar-refractivity contribution in [1.29, 1.82) is 0 Å². The van der Waals surface area contributed by atoms with Crippen molar-refractivity contribution in [3.8, 4) is 0 Å². The van der Waals surface area contributed by atoms with Crippen LogP contribution in [0.5, 0.6) is 0 Å². The average Bonchev–Trinajstić information content (AvgIpc) is 3.25. The van der Waals surface area contributed by atoms with E-state index in [1.807, 2.05) is 11.6 Å². The minimum atomic E-state index is -3.62. The number of nitrogens with one attached hydrogen (secondary N) is 1. The van der Waals surface area contributed by atoms with Gasteiger partial charge in [-0.2, -0.15) is 4.99 Å². The van der Waals surface area contributed by atoms with Crippen molar-refractivity contribution in [2.75, 3.05) is 13.2 Å². The lowest BCUT2D eigenvalue weighted by molar-refractivity contribution is 0.0997. The van der Waals surface area contributed by atoms with Crippen LogP contribution in [0.15, 0.2) is 45.7 Å². The molecule has 7 nitrogen and oxygen atoms in total. The van der Waals surface area contributed by atoms with Gasteiger partial charge in [0.1, 0.15) is 0 Å². The van der Waals surface area contributed by atoms with Crippen LogP contribution in [-0.4, -0.2) is 38.1 Å². The van der Waals surface area contributed by atoms with Gasteiger partial charge < -0.3 is 9.30 Å². The Labute approximate surface area is 150 Å². The molecule has 0 aliphatic carbocycles. The highest BCUT2D eigenvalue weighted by Crippen LogP contribution is 2.14. The highest BCUT2D eigenvalue weighted by atomic mass is 32.2. The van der Waals surface area contributed by atoms with Crippen LogP contribution >= 0.6 is 11.3 Å². The molecule has 3 rings (SSSR count). The molecule has 0 bridgehead atoms. The molecule has 2 heterocycles. The molecule has 1 aliphatic heterocycles. The molecule has 1 N–H and O–H groups in total. The van der Waals surface area contributed by atoms with Gasteiger partial charge >= 0.3 is 0 Å². The first-order valence-electron chi connectivity index (χ1n) is 7.86. The predicted octanol–water partition coefficient (Wildman–Crippen LogP) is 1.28. The Balaban J connectivity index is 1.71. The van der Waals surface area contributed by atoms with Crippen LogP contribution in [0.3, 0.4) is 0 Å². The van der Waals surface area contributed by atoms with Gasteiger partial charge in [-0.05, 0) is 37.1 Å². The van der Waals surface area contributed by atoms with Crippen LogP contribution in [0, 0.1) is 0 Å². The van der Waals surface area contributed by atoms with E-state index < -0.39 is 15.9 Å². The number of aromatic nitrogens is 1. The fourth-order valence-corrected chi connectivity index (χ4v) is 4.25. The Bertz CT molecular complexity index is 907. The highest BCUT2D eigenvalue weighted by molar-refractivity contribution is 7.89. The second-order valence-corrected chi connectivity index (χ2v) is 8.36. The largest absolute Gasteiger partial charge is 0.377 e. The van der Waals surface area contributed by atoms with Crippen LogP contribution in [-0.2, 0) is 21.8 Å². The number of amides is 1. The van der Waals surface area contributed by atoms with Gasteiger partial charge in [0.05, 0.1) is 11.0 Å². The summed E-state index contributed by atoms with van der Waals surface area (Å²) in [5, 5.41) is 1.83. The van der Waals surface area contributed by atoms with Crippen LogP contribution < -0.4 is 9.52 Å². The zero-order valence-corrected chi connectivity index (χ0v) is 15.3. The number of carbonyl (C=O) groups is 1. The van der Waals surface area contributed by atoms with E-state index in [-0.39, 0.29) is 17.5 Å². The first kappa shape index (κ1) is 18.0. The van der Waals surface area contributed by atoms with Gasteiger partial charge in [0.2, 0.25) is 10.0 Å². The number of aryl methyl sites for hydroxylation is 1. The number of carbonyl (C=O) groups excluding carboxylic acids is 1. The van der Waals surface area contributed by atoms with Gasteiger partial charge in [-0.3, -0.25) is 4.79 Å². The molecule has 1 atom stereocenters. The molecule has 25 heavy (non-hydrogen) atoms. The smallest absolute Gasteiger partial charge is 0.279 e. The van der Waals surface area contributed by atoms with E-state index in [9.17, 15) is 13.2 Å². The molecular formula is C16H19N3O4S2. The summed E-state index contributed by atoms with van der Waals surface area (Å²) in [6.07, 6.45) is 3.55. The predicted molar refractivity (Wildman–Crippen MR) is 93.8 cm³/mol. The Kier molecular flexibility index (Phi) is 5.48. The quantitative estimate of drug-likeness (QED) is 0.845. The van der Waals surface area contributed by atoms with Crippen molar-refractivity contribution in [2.45, 2.75) is 23.8 Å². The molecule has 1 fully saturated rings. The maximum absolute atomic E-state index is 12.3. The number of hydrogen-bond acceptors (Lipinski definition) is 5. The monoisotopic (exact) mass is 381 g/mol. The number of thiazole rings is 1. The Morgan fingerprint density at radius 3 is 2.76 bits per heavy atom. The summed E-state index contributed by atoms with van der Waals surface area (Å²) in [5.74, 6) is -0.408. The zero-order chi connectivity index (χ0) is 17.9. The van der Waals surface area contributed by atoms with Gasteiger partial charge in [0.15, 0.2) is 4.80 Å². The number of nitrogens with zero attached hydrogens (tertiary/aromatic N) is 2. The van der Waals surface area contributed by atoms with Crippen LogP contribution in [0.2, 0.25) is 0 Å². The normalized spacial score (nSPS) is 18.6. The van der Waals surface area contributed by atoms with E-state index in [4.69, 9.17) is 4.74 Å². The molecular weight excluding hydrogens is 362 g/mol. The molecule has 0 radical (unpaired) electrons. The lowest BCUT2D eigenvalue weighted by atomic mass is 10.2. The zero-order valence-electron chi connectivity index (χ0n) is 13.7. The Morgan fingerprint density at radius 2 is 2.16 bits per heavy atom. The van der Waals surface area contributed by atoms with E-state index in [0.29, 0.717) is 17.0 Å². The first-order valence-corrected chi connectivity index (χ1v) is 10.2. The van der Waals surface area contributed by atoms with Gasteiger partial charge in [-0.15, -0.1) is 11.3 Å². The van der Waals surface area contributed by atoms with E-state index in [0.717, 1.165) is 12.8 Å². The summed E-state index contributed by atoms with van der Waals surface area (Å²) < 4.78 is 34.3. The highest BCUT2D eigenvalue weighted by Gasteiger charge is 2.20. The second kappa shape index (κ2) is 7.61. The Morgan fingerprint density at radius 1 is 1.40 bits per heavy atom. The van der Waals surface area contributed by atoms with Crippen molar-refractivity contribution in [2.24, 2.45) is 12.0 Å². The second-order valence-electron chi connectivity index (χ2n) is 5.72. The van der Waals surface area contributed by atoms with Crippen molar-refractivity contribution >= 4 is 27.3 Å². The van der Waals surface area contributed by atoms with E-state index in [2.05, 4.69) is 9.71 Å². The SMILES string of the molecule is Cn1ccsc1=NC(=O)c1ccc(S(=O)(=O)NCC2CCCO2)cc1.